The summed E-state index contributed by atoms with van der Waals surface area (Å²) in [6.07, 6.45) is 3.00. The molecule has 0 aliphatic carbocycles. The fourth-order valence-corrected chi connectivity index (χ4v) is 1.90. The summed E-state index contributed by atoms with van der Waals surface area (Å²) >= 11 is 0. The minimum absolute atomic E-state index is 0.164. The quantitative estimate of drug-likeness (QED) is 0.749. The molecule has 1 aromatic heterocycles. The van der Waals surface area contributed by atoms with Gasteiger partial charge in [-0.25, -0.2) is 4.98 Å². The second kappa shape index (κ2) is 8.31. The number of methoxy groups -OCH3 is 1. The minimum atomic E-state index is -0.164. The Morgan fingerprint density at radius 2 is 2.23 bits per heavy atom. The Bertz CT molecular complexity index is 603. The van der Waals surface area contributed by atoms with Gasteiger partial charge in [0.05, 0.1) is 6.61 Å². The van der Waals surface area contributed by atoms with Crippen molar-refractivity contribution in [3.8, 4) is 0 Å². The Morgan fingerprint density at radius 1 is 1.41 bits per heavy atom. The third-order valence-electron chi connectivity index (χ3n) is 3.16. The van der Waals surface area contributed by atoms with Gasteiger partial charge in [0.2, 0.25) is 11.8 Å². The molecule has 0 bridgehead atoms. The second-order valence-electron chi connectivity index (χ2n) is 4.94. The summed E-state index contributed by atoms with van der Waals surface area (Å²) < 4.78 is 10.5. The lowest BCUT2D eigenvalue weighted by Crippen LogP contribution is -2.33. The third kappa shape index (κ3) is 4.98. The highest BCUT2D eigenvalue weighted by molar-refractivity contribution is 5.91. The lowest BCUT2D eigenvalue weighted by molar-refractivity contribution is -0.116. The molecule has 1 aromatic carbocycles. The van der Waals surface area contributed by atoms with E-state index in [0.29, 0.717) is 24.6 Å². The van der Waals surface area contributed by atoms with Crippen molar-refractivity contribution < 1.29 is 13.9 Å². The van der Waals surface area contributed by atoms with Gasteiger partial charge >= 0.3 is 0 Å². The number of benzene rings is 1. The Morgan fingerprint density at radius 3 is 3.00 bits per heavy atom. The van der Waals surface area contributed by atoms with Crippen molar-refractivity contribution in [1.29, 1.82) is 0 Å². The topological polar surface area (TPSA) is 67.6 Å². The number of oxazole rings is 1. The molecular formula is C16H21N3O3. The molecule has 0 unspecified atom stereocenters. The number of rotatable bonds is 8. The van der Waals surface area contributed by atoms with E-state index < -0.39 is 0 Å². The molecule has 0 saturated carbocycles. The van der Waals surface area contributed by atoms with Crippen LogP contribution in [0.1, 0.15) is 5.89 Å². The van der Waals surface area contributed by atoms with Crippen molar-refractivity contribution in [3.05, 3.63) is 36.2 Å². The van der Waals surface area contributed by atoms with Crippen LogP contribution in [0.5, 0.6) is 0 Å². The first-order valence-electron chi connectivity index (χ1n) is 7.18. The number of fused-ring (bicyclic) bond motifs is 1. The summed E-state index contributed by atoms with van der Waals surface area (Å²) in [5.74, 6) is 0.260. The van der Waals surface area contributed by atoms with Gasteiger partial charge in [0.1, 0.15) is 5.52 Å². The zero-order chi connectivity index (χ0) is 15.8. The van der Waals surface area contributed by atoms with Gasteiger partial charge in [-0.1, -0.05) is 12.1 Å². The van der Waals surface area contributed by atoms with E-state index in [9.17, 15) is 4.79 Å². The summed E-state index contributed by atoms with van der Waals surface area (Å²) in [5.41, 5.74) is 1.49. The maximum Gasteiger partial charge on any atom is 0.244 e. The summed E-state index contributed by atoms with van der Waals surface area (Å²) in [6, 6.07) is 7.49. The van der Waals surface area contributed by atoms with Crippen molar-refractivity contribution in [1.82, 2.24) is 15.2 Å². The maximum atomic E-state index is 11.7. The standard InChI is InChI=1S/C16H21N3O3/c1-19(11-12-21-2)10-9-17-15(20)7-8-16-18-13-5-3-4-6-14(13)22-16/h3-8H,9-12H2,1-2H3,(H,17,20)/b8-7+. The van der Waals surface area contributed by atoms with Crippen LogP contribution in [0.15, 0.2) is 34.8 Å². The van der Waals surface area contributed by atoms with Crippen molar-refractivity contribution in [2.75, 3.05) is 40.4 Å². The molecule has 0 spiro atoms. The van der Waals surface area contributed by atoms with Crippen LogP contribution in [0.2, 0.25) is 0 Å². The highest BCUT2D eigenvalue weighted by Crippen LogP contribution is 2.15. The van der Waals surface area contributed by atoms with E-state index in [-0.39, 0.29) is 5.91 Å². The molecule has 1 heterocycles. The predicted molar refractivity (Wildman–Crippen MR) is 85.4 cm³/mol. The number of nitrogens with zero attached hydrogens (tertiary/aromatic N) is 2. The van der Waals surface area contributed by atoms with Crippen LogP contribution >= 0.6 is 0 Å². The molecule has 22 heavy (non-hydrogen) atoms. The molecule has 0 radical (unpaired) electrons. The third-order valence-corrected chi connectivity index (χ3v) is 3.16. The first-order valence-corrected chi connectivity index (χ1v) is 7.18. The van der Waals surface area contributed by atoms with E-state index in [1.54, 1.807) is 13.2 Å². The van der Waals surface area contributed by atoms with Gasteiger partial charge in [0.15, 0.2) is 5.58 Å². The molecule has 6 nitrogen and oxygen atoms in total. The first kappa shape index (κ1) is 16.2. The van der Waals surface area contributed by atoms with E-state index in [2.05, 4.69) is 15.2 Å². The SMILES string of the molecule is COCCN(C)CCNC(=O)/C=C/c1nc2ccccc2o1. The average Bonchev–Trinajstić information content (AvgIpc) is 2.94. The lowest BCUT2D eigenvalue weighted by atomic mass is 10.3. The Kier molecular flexibility index (Phi) is 6.12. The fraction of sp³-hybridized carbons (Fsp3) is 0.375. The van der Waals surface area contributed by atoms with Gasteiger partial charge in [0.25, 0.3) is 0 Å². The Hall–Kier alpha value is -2.18. The molecule has 0 saturated heterocycles. The van der Waals surface area contributed by atoms with Crippen LogP contribution in [-0.4, -0.2) is 56.2 Å². The molecule has 0 atom stereocenters. The van der Waals surface area contributed by atoms with E-state index in [1.165, 1.54) is 6.08 Å². The number of hydrogen-bond acceptors (Lipinski definition) is 5. The fourth-order valence-electron chi connectivity index (χ4n) is 1.90. The molecule has 6 heteroatoms. The number of carbonyl (C=O) groups is 1. The molecule has 118 valence electrons. The smallest absolute Gasteiger partial charge is 0.244 e. The highest BCUT2D eigenvalue weighted by Gasteiger charge is 2.03. The van der Waals surface area contributed by atoms with Crippen molar-refractivity contribution >= 4 is 23.1 Å². The maximum absolute atomic E-state index is 11.7. The second-order valence-corrected chi connectivity index (χ2v) is 4.94. The number of hydrogen-bond donors (Lipinski definition) is 1. The van der Waals surface area contributed by atoms with Crippen LogP contribution in [0.25, 0.3) is 17.2 Å². The number of aromatic nitrogens is 1. The Balaban J connectivity index is 1.76. The van der Waals surface area contributed by atoms with Gasteiger partial charge in [0, 0.05) is 38.9 Å². The number of carbonyl (C=O) groups excluding carboxylic acids is 1. The molecular weight excluding hydrogens is 282 g/mol. The Labute approximate surface area is 129 Å². The summed E-state index contributed by atoms with van der Waals surface area (Å²) in [6.45, 7) is 2.87. The monoisotopic (exact) mass is 303 g/mol. The van der Waals surface area contributed by atoms with Gasteiger partial charge in [-0.3, -0.25) is 4.79 Å². The molecule has 2 aromatic rings. The number of para-hydroxylation sites is 2. The largest absolute Gasteiger partial charge is 0.437 e. The first-order chi connectivity index (χ1) is 10.7. The van der Waals surface area contributed by atoms with Gasteiger partial charge < -0.3 is 19.4 Å². The van der Waals surface area contributed by atoms with Crippen LogP contribution in [0.4, 0.5) is 0 Å². The number of nitrogens with one attached hydrogen (secondary N) is 1. The number of likely N-dealkylation sites (N-methyl/N-ethyl adjacent to an activating group) is 1. The van der Waals surface area contributed by atoms with E-state index in [4.69, 9.17) is 9.15 Å². The molecule has 1 N–H and O–H groups in total. The van der Waals surface area contributed by atoms with Gasteiger partial charge in [-0.15, -0.1) is 0 Å². The van der Waals surface area contributed by atoms with Crippen LogP contribution in [0.3, 0.4) is 0 Å². The number of ether oxygens (including phenoxy) is 1. The highest BCUT2D eigenvalue weighted by atomic mass is 16.5. The molecule has 1 amide bonds. The van der Waals surface area contributed by atoms with Crippen LogP contribution in [-0.2, 0) is 9.53 Å². The zero-order valence-corrected chi connectivity index (χ0v) is 12.9. The predicted octanol–water partition coefficient (Wildman–Crippen LogP) is 1.54. The zero-order valence-electron chi connectivity index (χ0n) is 12.9. The molecule has 2 rings (SSSR count). The van der Waals surface area contributed by atoms with Crippen molar-refractivity contribution in [2.45, 2.75) is 0 Å². The minimum Gasteiger partial charge on any atom is -0.437 e. The summed E-state index contributed by atoms with van der Waals surface area (Å²) in [4.78, 5) is 18.1. The van der Waals surface area contributed by atoms with Gasteiger partial charge in [-0.2, -0.15) is 0 Å². The molecule has 0 aliphatic heterocycles. The van der Waals surface area contributed by atoms with Crippen LogP contribution in [0, 0.1) is 0 Å². The van der Waals surface area contributed by atoms with Gasteiger partial charge in [-0.05, 0) is 19.2 Å². The van der Waals surface area contributed by atoms with E-state index >= 15 is 0 Å². The van der Waals surface area contributed by atoms with E-state index in [0.717, 1.165) is 18.6 Å². The number of amides is 1. The van der Waals surface area contributed by atoms with Crippen molar-refractivity contribution in [3.63, 3.8) is 0 Å². The van der Waals surface area contributed by atoms with Crippen molar-refractivity contribution in [2.24, 2.45) is 0 Å². The van der Waals surface area contributed by atoms with E-state index in [1.807, 2.05) is 31.3 Å². The summed E-state index contributed by atoms with van der Waals surface area (Å²) in [5, 5.41) is 2.82. The molecule has 0 fully saturated rings. The molecule has 0 aliphatic rings. The van der Waals surface area contributed by atoms with Crippen LogP contribution < -0.4 is 5.32 Å². The normalized spacial score (nSPS) is 11.6. The average molecular weight is 303 g/mol. The lowest BCUT2D eigenvalue weighted by Gasteiger charge is -2.15. The summed E-state index contributed by atoms with van der Waals surface area (Å²) in [7, 11) is 3.66.